The van der Waals surface area contributed by atoms with Gasteiger partial charge in [-0.2, -0.15) is 0 Å². The first-order chi connectivity index (χ1) is 23.1. The molecule has 1 heterocycles. The van der Waals surface area contributed by atoms with Gasteiger partial charge < -0.3 is 31.3 Å². The molecule has 12 heteroatoms. The largest absolute Gasteiger partial charge is 0.459 e. The number of hydrogen-bond donors (Lipinski definition) is 4. The fourth-order valence-corrected chi connectivity index (χ4v) is 8.16. The Kier molecular flexibility index (Phi) is 10.7. The van der Waals surface area contributed by atoms with Gasteiger partial charge in [0.2, 0.25) is 17.6 Å². The van der Waals surface area contributed by atoms with Crippen LogP contribution in [0.15, 0.2) is 30.3 Å². The number of primary amides is 1. The van der Waals surface area contributed by atoms with Crippen LogP contribution in [0.4, 0.5) is 4.79 Å². The van der Waals surface area contributed by atoms with Gasteiger partial charge in [-0.25, -0.2) is 9.59 Å². The Bertz CT molecular complexity index is 1430. The molecular formula is C37H53N5O7. The molecule has 5 rings (SSSR count). The van der Waals surface area contributed by atoms with Crippen LogP contribution in [-0.4, -0.2) is 71.1 Å². The molecule has 0 spiro atoms. The van der Waals surface area contributed by atoms with Gasteiger partial charge in [-0.15, -0.1) is 0 Å². The second kappa shape index (κ2) is 14.5. The predicted octanol–water partition coefficient (Wildman–Crippen LogP) is 3.21. The zero-order valence-electron chi connectivity index (χ0n) is 29.5. The van der Waals surface area contributed by atoms with Crippen molar-refractivity contribution in [2.75, 3.05) is 6.54 Å². The summed E-state index contributed by atoms with van der Waals surface area (Å²) in [6.07, 6.45) is 6.62. The molecule has 6 atom stereocenters. The van der Waals surface area contributed by atoms with Gasteiger partial charge >= 0.3 is 12.0 Å². The molecule has 49 heavy (non-hydrogen) atoms. The zero-order chi connectivity index (χ0) is 35.7. The summed E-state index contributed by atoms with van der Waals surface area (Å²) >= 11 is 0. The average Bonchev–Trinajstić information content (AvgIpc) is 3.34. The minimum Gasteiger partial charge on any atom is -0.459 e. The number of carbonyl (C=O) groups excluding carboxylic acids is 6. The molecule has 1 aliphatic heterocycles. The van der Waals surface area contributed by atoms with Crippen molar-refractivity contribution in [3.8, 4) is 0 Å². The van der Waals surface area contributed by atoms with E-state index in [2.05, 4.69) is 29.8 Å². The fraction of sp³-hybridized carbons (Fsp3) is 0.676. The van der Waals surface area contributed by atoms with E-state index in [1.807, 2.05) is 51.1 Å². The maximum absolute atomic E-state index is 14.5. The highest BCUT2D eigenvalue weighted by Gasteiger charge is 2.70. The zero-order valence-corrected chi connectivity index (χ0v) is 29.5. The Morgan fingerprint density at radius 3 is 2.06 bits per heavy atom. The van der Waals surface area contributed by atoms with Gasteiger partial charge in [0, 0.05) is 6.54 Å². The maximum Gasteiger partial charge on any atom is 0.329 e. The molecule has 0 radical (unpaired) electrons. The molecule has 4 fully saturated rings. The second-order valence-electron chi connectivity index (χ2n) is 16.2. The van der Waals surface area contributed by atoms with Crippen molar-refractivity contribution in [3.63, 3.8) is 0 Å². The van der Waals surface area contributed by atoms with Crippen LogP contribution in [0.25, 0.3) is 0 Å². The number of nitrogens with two attached hydrogens (primary N) is 1. The summed E-state index contributed by atoms with van der Waals surface area (Å²) < 4.78 is 5.58. The molecule has 5 amide bonds. The quantitative estimate of drug-likeness (QED) is 0.194. The Labute approximate surface area is 289 Å². The highest BCUT2D eigenvalue weighted by atomic mass is 16.5. The highest BCUT2D eigenvalue weighted by Crippen LogP contribution is 2.65. The lowest BCUT2D eigenvalue weighted by atomic mass is 9.78. The van der Waals surface area contributed by atoms with Crippen molar-refractivity contribution >= 4 is 35.5 Å². The molecule has 0 aromatic heterocycles. The number of esters is 1. The van der Waals surface area contributed by atoms with Crippen LogP contribution in [0, 0.1) is 34.5 Å². The summed E-state index contributed by atoms with van der Waals surface area (Å²) in [5.74, 6) is -3.72. The molecule has 0 bridgehead atoms. The van der Waals surface area contributed by atoms with Crippen molar-refractivity contribution < 1.29 is 33.5 Å². The van der Waals surface area contributed by atoms with Crippen molar-refractivity contribution in [1.29, 1.82) is 0 Å². The van der Waals surface area contributed by atoms with E-state index in [4.69, 9.17) is 10.5 Å². The van der Waals surface area contributed by atoms with E-state index < -0.39 is 59.2 Å². The molecule has 1 saturated heterocycles. The predicted molar refractivity (Wildman–Crippen MR) is 181 cm³/mol. The summed E-state index contributed by atoms with van der Waals surface area (Å²) in [6, 6.07) is 4.80. The summed E-state index contributed by atoms with van der Waals surface area (Å²) in [7, 11) is 0. The first kappa shape index (κ1) is 36.3. The molecular weight excluding hydrogens is 626 g/mol. The van der Waals surface area contributed by atoms with Crippen LogP contribution in [0.5, 0.6) is 0 Å². The number of fused-ring (bicyclic) bond motifs is 1. The van der Waals surface area contributed by atoms with Crippen LogP contribution in [0.3, 0.4) is 0 Å². The van der Waals surface area contributed by atoms with Gasteiger partial charge in [-0.1, -0.05) is 90.6 Å². The lowest BCUT2D eigenvalue weighted by Crippen LogP contribution is -2.62. The highest BCUT2D eigenvalue weighted by molar-refractivity contribution is 6.38. The molecule has 1 aromatic carbocycles. The summed E-state index contributed by atoms with van der Waals surface area (Å²) in [5.41, 5.74) is 5.28. The van der Waals surface area contributed by atoms with Crippen LogP contribution in [-0.2, 0) is 35.3 Å². The average molecular weight is 680 g/mol. The van der Waals surface area contributed by atoms with Crippen LogP contribution in [0.1, 0.15) is 91.5 Å². The summed E-state index contributed by atoms with van der Waals surface area (Å²) in [5, 5.41) is 8.54. The van der Waals surface area contributed by atoms with E-state index in [1.165, 1.54) is 0 Å². The Balaban J connectivity index is 1.33. The number of Topliss-reactive ketones (excluding diaryl/α,β-unsaturated/α-hetero) is 1. The van der Waals surface area contributed by atoms with Gasteiger partial charge in [0.15, 0.2) is 0 Å². The smallest absolute Gasteiger partial charge is 0.329 e. The second-order valence-corrected chi connectivity index (χ2v) is 16.2. The maximum atomic E-state index is 14.5. The van der Waals surface area contributed by atoms with Gasteiger partial charge in [0.25, 0.3) is 5.91 Å². The molecule has 1 aromatic rings. The molecule has 1 unspecified atom stereocenters. The SMILES string of the molecule is CC(C)(C)[C@@H](NC(=O)N[C@H](C(=O)N1C[C@H]2[C@@H]([C@H]1C(=O)NC(C(=O)C(N)=O)C1CCC1)C2(C)C)C1CCCCC1)C(=O)OCc1ccccc1. The van der Waals surface area contributed by atoms with Crippen molar-refractivity contribution in [1.82, 2.24) is 20.9 Å². The van der Waals surface area contributed by atoms with E-state index in [0.29, 0.717) is 19.4 Å². The van der Waals surface area contributed by atoms with E-state index in [-0.39, 0.29) is 41.6 Å². The number of benzene rings is 1. The number of piperidine rings is 1. The lowest BCUT2D eigenvalue weighted by Gasteiger charge is -2.38. The molecule has 5 N–H and O–H groups in total. The number of carbonyl (C=O) groups is 6. The van der Waals surface area contributed by atoms with Gasteiger partial charge in [-0.05, 0) is 65.7 Å². The minimum absolute atomic E-state index is 0.0580. The molecule has 3 aliphatic carbocycles. The Morgan fingerprint density at radius 2 is 1.49 bits per heavy atom. The molecule has 4 aliphatic rings. The fourth-order valence-electron chi connectivity index (χ4n) is 8.16. The Morgan fingerprint density at radius 1 is 0.878 bits per heavy atom. The minimum atomic E-state index is -1.09. The van der Waals surface area contributed by atoms with E-state index in [0.717, 1.165) is 44.1 Å². The normalized spacial score (nSPS) is 25.1. The van der Waals surface area contributed by atoms with E-state index >= 15 is 0 Å². The van der Waals surface area contributed by atoms with Gasteiger partial charge in [-0.3, -0.25) is 19.2 Å². The number of ketones is 1. The number of rotatable bonds is 12. The summed E-state index contributed by atoms with van der Waals surface area (Å²) in [6.45, 7) is 10.0. The van der Waals surface area contributed by atoms with Crippen LogP contribution in [0.2, 0.25) is 0 Å². The number of amides is 5. The molecule has 268 valence electrons. The van der Waals surface area contributed by atoms with Gasteiger partial charge in [0.05, 0.1) is 0 Å². The lowest BCUT2D eigenvalue weighted by molar-refractivity contribution is -0.150. The number of nitrogens with one attached hydrogen (secondary N) is 3. The number of ether oxygens (including phenoxy) is 1. The van der Waals surface area contributed by atoms with E-state index in [1.54, 1.807) is 4.90 Å². The number of hydrogen-bond acceptors (Lipinski definition) is 7. The monoisotopic (exact) mass is 679 g/mol. The van der Waals surface area contributed by atoms with Crippen LogP contribution >= 0.6 is 0 Å². The third-order valence-electron chi connectivity index (χ3n) is 11.5. The molecule has 3 saturated carbocycles. The van der Waals surface area contributed by atoms with Crippen LogP contribution < -0.4 is 21.7 Å². The number of urea groups is 1. The van der Waals surface area contributed by atoms with Crippen molar-refractivity contribution in [2.24, 2.45) is 40.2 Å². The third-order valence-corrected chi connectivity index (χ3v) is 11.5. The number of likely N-dealkylation sites (tertiary alicyclic amines) is 1. The van der Waals surface area contributed by atoms with Crippen molar-refractivity contribution in [3.05, 3.63) is 35.9 Å². The van der Waals surface area contributed by atoms with Crippen molar-refractivity contribution in [2.45, 2.75) is 117 Å². The first-order valence-corrected chi connectivity index (χ1v) is 17.8. The summed E-state index contributed by atoms with van der Waals surface area (Å²) in [4.78, 5) is 81.7. The topological polar surface area (TPSA) is 177 Å². The standard InChI is InChI=1S/C37H53N5O7/c1-36(2,3)30(34(47)49-20-21-13-8-6-9-14-21)41-35(48)40-27(23-15-10-7-11-16-23)33(46)42-19-24-25(37(24,4)5)28(42)32(45)39-26(22-17-12-18-22)29(43)31(38)44/h6,8-9,13-14,22-28,30H,7,10-12,15-20H2,1-5H3,(H2,38,44)(H,39,45)(H2,40,41,48)/t24-,25-,26?,27-,28-,30-/m0/s1. The third kappa shape index (κ3) is 7.94. The first-order valence-electron chi connectivity index (χ1n) is 17.8. The Hall–Kier alpha value is -3.96. The number of nitrogens with zero attached hydrogens (tertiary/aromatic N) is 1. The van der Waals surface area contributed by atoms with Gasteiger partial charge in [0.1, 0.15) is 30.8 Å². The molecule has 12 nitrogen and oxygen atoms in total. The van der Waals surface area contributed by atoms with E-state index in [9.17, 15) is 28.8 Å².